The van der Waals surface area contributed by atoms with Gasteiger partial charge in [0.2, 0.25) is 0 Å². The zero-order valence-corrected chi connectivity index (χ0v) is 17.3. The van der Waals surface area contributed by atoms with E-state index in [1.165, 1.54) is 11.3 Å². The molecular weight excluding hydrogens is 422 g/mol. The van der Waals surface area contributed by atoms with Gasteiger partial charge < -0.3 is 19.7 Å². The second-order valence-electron chi connectivity index (χ2n) is 7.15. The number of nitrogens with zero attached hydrogens (tertiary/aromatic N) is 4. The first-order valence-corrected chi connectivity index (χ1v) is 10.3. The highest BCUT2D eigenvalue weighted by Gasteiger charge is 2.34. The van der Waals surface area contributed by atoms with Crippen molar-refractivity contribution < 1.29 is 9.47 Å². The number of ether oxygens (including phenoxy) is 2. The Morgan fingerprint density at radius 1 is 1.14 bits per heavy atom. The molecule has 0 atom stereocenters. The minimum Gasteiger partial charge on any atom is -0.493 e. The van der Waals surface area contributed by atoms with Gasteiger partial charge in [-0.3, -0.25) is 0 Å². The van der Waals surface area contributed by atoms with Crippen molar-refractivity contribution in [3.63, 3.8) is 0 Å². The van der Waals surface area contributed by atoms with E-state index >= 15 is 0 Å². The summed E-state index contributed by atoms with van der Waals surface area (Å²) in [6.07, 6.45) is 3.86. The average Bonchev–Trinajstić information content (AvgIpc) is 3.00. The monoisotopic (exact) mass is 443 g/mol. The van der Waals surface area contributed by atoms with Gasteiger partial charge in [0.05, 0.1) is 32.1 Å². The zero-order chi connectivity index (χ0) is 19.1. The number of aromatic nitrogens is 3. The van der Waals surface area contributed by atoms with E-state index in [0.29, 0.717) is 0 Å². The van der Waals surface area contributed by atoms with Crippen LogP contribution in [0.3, 0.4) is 0 Å². The molecule has 1 saturated heterocycles. The lowest BCUT2D eigenvalue weighted by atomic mass is 10.1. The minimum atomic E-state index is 0.119. The van der Waals surface area contributed by atoms with Crippen LogP contribution in [0, 0.1) is 0 Å². The van der Waals surface area contributed by atoms with E-state index in [2.05, 4.69) is 31.2 Å². The Balaban J connectivity index is 1.40. The summed E-state index contributed by atoms with van der Waals surface area (Å²) in [4.78, 5) is 7.19. The topological polar surface area (TPSA) is 63.9 Å². The fourth-order valence-electron chi connectivity index (χ4n) is 3.94. The Kier molecular flexibility index (Phi) is 4.60. The van der Waals surface area contributed by atoms with Crippen LogP contribution in [0.15, 0.2) is 34.9 Å². The molecule has 1 aromatic carbocycles. The van der Waals surface area contributed by atoms with Crippen LogP contribution in [0.4, 0.5) is 5.82 Å². The van der Waals surface area contributed by atoms with Crippen LogP contribution in [0.25, 0.3) is 5.65 Å². The molecule has 28 heavy (non-hydrogen) atoms. The van der Waals surface area contributed by atoms with Gasteiger partial charge in [-0.1, -0.05) is 15.9 Å². The fraction of sp³-hybridized carbons (Fsp3) is 0.400. The van der Waals surface area contributed by atoms with Gasteiger partial charge in [0, 0.05) is 29.1 Å². The van der Waals surface area contributed by atoms with Crippen molar-refractivity contribution in [1.82, 2.24) is 19.9 Å². The molecule has 0 bridgehead atoms. The molecule has 0 aliphatic carbocycles. The molecular formula is C20H22BrN5O2. The second-order valence-corrected chi connectivity index (χ2v) is 8.07. The lowest BCUT2D eigenvalue weighted by Gasteiger charge is -2.41. The molecule has 5 rings (SSSR count). The summed E-state index contributed by atoms with van der Waals surface area (Å²) in [5.41, 5.74) is 3.41. The summed E-state index contributed by atoms with van der Waals surface area (Å²) in [5, 5.41) is 8.00. The van der Waals surface area contributed by atoms with Gasteiger partial charge in [-0.25, -0.2) is 4.98 Å². The predicted octanol–water partition coefficient (Wildman–Crippen LogP) is 2.46. The SMILES string of the molecule is COc1cc(Br)ccc1OC1CN(c2c3c(nc4ccnn24)CCNCC3)C1. The van der Waals surface area contributed by atoms with Crippen molar-refractivity contribution in [2.24, 2.45) is 0 Å². The molecule has 0 spiro atoms. The van der Waals surface area contributed by atoms with Crippen LogP contribution in [0.1, 0.15) is 11.3 Å². The second kappa shape index (κ2) is 7.25. The maximum absolute atomic E-state index is 6.20. The van der Waals surface area contributed by atoms with E-state index in [4.69, 9.17) is 14.5 Å². The maximum atomic E-state index is 6.20. The summed E-state index contributed by atoms with van der Waals surface area (Å²) in [5.74, 6) is 2.68. The Hall–Kier alpha value is -2.32. The Morgan fingerprint density at radius 3 is 2.86 bits per heavy atom. The molecule has 8 heteroatoms. The zero-order valence-electron chi connectivity index (χ0n) is 15.7. The van der Waals surface area contributed by atoms with Gasteiger partial charge >= 0.3 is 0 Å². The van der Waals surface area contributed by atoms with Crippen LogP contribution >= 0.6 is 15.9 Å². The minimum absolute atomic E-state index is 0.119. The van der Waals surface area contributed by atoms with E-state index in [9.17, 15) is 0 Å². The van der Waals surface area contributed by atoms with Gasteiger partial charge in [0.25, 0.3) is 0 Å². The molecule has 2 aliphatic rings. The molecule has 1 fully saturated rings. The molecule has 2 aromatic heterocycles. The molecule has 0 unspecified atom stereocenters. The molecule has 4 heterocycles. The molecule has 3 aromatic rings. The maximum Gasteiger partial charge on any atom is 0.161 e. The smallest absolute Gasteiger partial charge is 0.161 e. The van der Waals surface area contributed by atoms with Crippen molar-refractivity contribution in [3.8, 4) is 11.5 Å². The van der Waals surface area contributed by atoms with E-state index < -0.39 is 0 Å². The number of benzene rings is 1. The Labute approximate surface area is 171 Å². The van der Waals surface area contributed by atoms with E-state index in [1.54, 1.807) is 7.11 Å². The summed E-state index contributed by atoms with van der Waals surface area (Å²) in [6, 6.07) is 7.82. The van der Waals surface area contributed by atoms with E-state index in [0.717, 1.165) is 66.5 Å². The highest BCUT2D eigenvalue weighted by Crippen LogP contribution is 2.34. The highest BCUT2D eigenvalue weighted by molar-refractivity contribution is 9.10. The number of hydrogen-bond donors (Lipinski definition) is 1. The molecule has 146 valence electrons. The van der Waals surface area contributed by atoms with Crippen molar-refractivity contribution >= 4 is 27.4 Å². The molecule has 0 saturated carbocycles. The van der Waals surface area contributed by atoms with Gasteiger partial charge in [-0.05, 0) is 31.2 Å². The van der Waals surface area contributed by atoms with Crippen molar-refractivity contribution in [1.29, 1.82) is 0 Å². The first-order valence-electron chi connectivity index (χ1n) is 9.54. The number of rotatable bonds is 4. The quantitative estimate of drug-likeness (QED) is 0.667. The largest absolute Gasteiger partial charge is 0.493 e. The lowest BCUT2D eigenvalue weighted by molar-refractivity contribution is 0.160. The van der Waals surface area contributed by atoms with Gasteiger partial charge in [0.15, 0.2) is 17.1 Å². The van der Waals surface area contributed by atoms with Crippen LogP contribution < -0.4 is 19.7 Å². The standard InChI is InChI=1S/C20H22BrN5O2/c1-27-18-10-13(21)2-3-17(18)28-14-11-25(12-14)20-15-4-7-22-8-5-16(15)24-19-6-9-23-26(19)20/h2-3,6,9-10,14,22H,4-5,7-8,11-12H2,1H3. The van der Waals surface area contributed by atoms with Crippen LogP contribution in [-0.4, -0.2) is 54.0 Å². The molecule has 1 N–H and O–H groups in total. The number of halogens is 1. The third-order valence-corrected chi connectivity index (χ3v) is 5.84. The normalized spacial score (nSPS) is 17.1. The van der Waals surface area contributed by atoms with Crippen molar-refractivity contribution in [3.05, 3.63) is 46.2 Å². The van der Waals surface area contributed by atoms with Crippen molar-refractivity contribution in [2.75, 3.05) is 38.2 Å². The number of nitrogens with one attached hydrogen (secondary N) is 1. The van der Waals surface area contributed by atoms with E-state index in [-0.39, 0.29) is 6.10 Å². The van der Waals surface area contributed by atoms with Crippen molar-refractivity contribution in [2.45, 2.75) is 18.9 Å². The van der Waals surface area contributed by atoms with Gasteiger partial charge in [-0.2, -0.15) is 9.61 Å². The first-order chi connectivity index (χ1) is 13.7. The van der Waals surface area contributed by atoms with Crippen LogP contribution in [0.2, 0.25) is 0 Å². The Bertz CT molecular complexity index is 1020. The third kappa shape index (κ3) is 3.10. The van der Waals surface area contributed by atoms with Gasteiger partial charge in [-0.15, -0.1) is 0 Å². The number of methoxy groups -OCH3 is 1. The molecule has 2 aliphatic heterocycles. The number of anilines is 1. The van der Waals surface area contributed by atoms with E-state index in [1.807, 2.05) is 35.0 Å². The third-order valence-electron chi connectivity index (χ3n) is 5.35. The molecule has 7 nitrogen and oxygen atoms in total. The summed E-state index contributed by atoms with van der Waals surface area (Å²) >= 11 is 3.47. The number of fused-ring (bicyclic) bond motifs is 2. The summed E-state index contributed by atoms with van der Waals surface area (Å²) in [7, 11) is 1.66. The first kappa shape index (κ1) is 17.8. The lowest BCUT2D eigenvalue weighted by Crippen LogP contribution is -2.55. The van der Waals surface area contributed by atoms with Crippen LogP contribution in [-0.2, 0) is 12.8 Å². The molecule has 0 radical (unpaired) electrons. The van der Waals surface area contributed by atoms with Gasteiger partial charge in [0.1, 0.15) is 11.9 Å². The Morgan fingerprint density at radius 2 is 2.00 bits per heavy atom. The fourth-order valence-corrected chi connectivity index (χ4v) is 4.28. The summed E-state index contributed by atoms with van der Waals surface area (Å²) < 4.78 is 14.6. The average molecular weight is 444 g/mol. The number of hydrogen-bond acceptors (Lipinski definition) is 6. The summed E-state index contributed by atoms with van der Waals surface area (Å²) in [6.45, 7) is 3.58. The molecule has 0 amide bonds. The highest BCUT2D eigenvalue weighted by atomic mass is 79.9. The predicted molar refractivity (Wildman–Crippen MR) is 111 cm³/mol. The van der Waals surface area contributed by atoms with Crippen LogP contribution in [0.5, 0.6) is 11.5 Å².